The van der Waals surface area contributed by atoms with Gasteiger partial charge in [-0.1, -0.05) is 37.1 Å². The predicted molar refractivity (Wildman–Crippen MR) is 43.5 cm³/mol. The van der Waals surface area contributed by atoms with Crippen molar-refractivity contribution in [3.05, 3.63) is 23.8 Å². The molecule has 0 aromatic rings. The van der Waals surface area contributed by atoms with Gasteiger partial charge in [0.15, 0.2) is 0 Å². The maximum absolute atomic E-state index is 2.26. The Balaban J connectivity index is 3.55. The first kappa shape index (κ1) is 8.48. The van der Waals surface area contributed by atoms with Crippen LogP contribution in [0.5, 0.6) is 0 Å². The summed E-state index contributed by atoms with van der Waals surface area (Å²) >= 11 is 0. The van der Waals surface area contributed by atoms with Gasteiger partial charge in [-0.25, -0.2) is 0 Å². The molecule has 0 N–H and O–H groups in total. The largest absolute Gasteiger partial charge is 0.0874 e. The molecule has 9 heavy (non-hydrogen) atoms. The number of allylic oxidation sites excluding steroid dienone is 4. The van der Waals surface area contributed by atoms with E-state index in [0.717, 1.165) is 0 Å². The Morgan fingerprint density at radius 1 is 1.44 bits per heavy atom. The van der Waals surface area contributed by atoms with Crippen LogP contribution in [-0.2, 0) is 0 Å². The van der Waals surface area contributed by atoms with Crippen LogP contribution in [0, 0.1) is 0 Å². The second-order valence-electron chi connectivity index (χ2n) is 2.24. The molecule has 0 heteroatoms. The van der Waals surface area contributed by atoms with Crippen molar-refractivity contribution in [1.82, 2.24) is 0 Å². The standard InChI is InChI=1S/C9H16/c1-4-6-8-9(3)7-5-2/h5,7-8H,4,6H2,1-3H3. The van der Waals surface area contributed by atoms with Gasteiger partial charge < -0.3 is 0 Å². The molecule has 0 aliphatic carbocycles. The molecule has 0 rings (SSSR count). The molecule has 0 heterocycles. The highest BCUT2D eigenvalue weighted by molar-refractivity contribution is 5.14. The lowest BCUT2D eigenvalue weighted by molar-refractivity contribution is 0.952. The van der Waals surface area contributed by atoms with Gasteiger partial charge in [0, 0.05) is 0 Å². The monoisotopic (exact) mass is 124 g/mol. The molecule has 52 valence electrons. The first-order chi connectivity index (χ1) is 4.31. The van der Waals surface area contributed by atoms with Crippen LogP contribution in [0.2, 0.25) is 0 Å². The lowest BCUT2D eigenvalue weighted by atomic mass is 10.2. The minimum absolute atomic E-state index is 1.20. The van der Waals surface area contributed by atoms with E-state index in [4.69, 9.17) is 0 Å². The van der Waals surface area contributed by atoms with Gasteiger partial charge in [-0.15, -0.1) is 0 Å². The zero-order valence-corrected chi connectivity index (χ0v) is 6.65. The Bertz CT molecular complexity index is 107. The van der Waals surface area contributed by atoms with E-state index >= 15 is 0 Å². The molecule has 0 bridgehead atoms. The van der Waals surface area contributed by atoms with E-state index in [0.29, 0.717) is 0 Å². The highest BCUT2D eigenvalue weighted by Crippen LogP contribution is 1.98. The summed E-state index contributed by atoms with van der Waals surface area (Å²) in [5, 5.41) is 0. The number of hydrogen-bond donors (Lipinski definition) is 0. The van der Waals surface area contributed by atoms with Gasteiger partial charge in [0.2, 0.25) is 0 Å². The number of rotatable bonds is 3. The third-order valence-corrected chi connectivity index (χ3v) is 1.18. The quantitative estimate of drug-likeness (QED) is 0.506. The lowest BCUT2D eigenvalue weighted by Crippen LogP contribution is -1.67. The Hall–Kier alpha value is -0.520. The molecule has 0 saturated carbocycles. The molecule has 0 saturated heterocycles. The summed E-state index contributed by atoms with van der Waals surface area (Å²) in [6, 6.07) is 0. The van der Waals surface area contributed by atoms with Crippen molar-refractivity contribution in [1.29, 1.82) is 0 Å². The fraction of sp³-hybridized carbons (Fsp3) is 0.556. The Labute approximate surface area is 58.3 Å². The van der Waals surface area contributed by atoms with Gasteiger partial charge in [-0.05, 0) is 20.3 Å². The van der Waals surface area contributed by atoms with Gasteiger partial charge >= 0.3 is 0 Å². The third kappa shape index (κ3) is 5.35. The molecule has 0 radical (unpaired) electrons. The molecule has 0 spiro atoms. The second-order valence-corrected chi connectivity index (χ2v) is 2.24. The number of hydrogen-bond acceptors (Lipinski definition) is 0. The molecule has 0 unspecified atom stereocenters. The van der Waals surface area contributed by atoms with E-state index in [-0.39, 0.29) is 0 Å². The molecule has 0 nitrogen and oxygen atoms in total. The summed E-state index contributed by atoms with van der Waals surface area (Å²) in [6.45, 7) is 6.37. The zero-order chi connectivity index (χ0) is 7.11. The fourth-order valence-electron chi connectivity index (χ4n) is 0.703. The maximum atomic E-state index is 2.26. The van der Waals surface area contributed by atoms with Crippen molar-refractivity contribution in [2.45, 2.75) is 33.6 Å². The van der Waals surface area contributed by atoms with Crippen LogP contribution < -0.4 is 0 Å². The van der Waals surface area contributed by atoms with Crippen LogP contribution in [0.1, 0.15) is 33.6 Å². The summed E-state index contributed by atoms with van der Waals surface area (Å²) in [6.07, 6.45) is 8.92. The van der Waals surface area contributed by atoms with Crippen molar-refractivity contribution < 1.29 is 0 Å². The molecule has 0 amide bonds. The van der Waals surface area contributed by atoms with E-state index < -0.39 is 0 Å². The lowest BCUT2D eigenvalue weighted by Gasteiger charge is -1.88. The first-order valence-corrected chi connectivity index (χ1v) is 3.60. The normalized spacial score (nSPS) is 13.0. The van der Waals surface area contributed by atoms with E-state index in [1.165, 1.54) is 18.4 Å². The van der Waals surface area contributed by atoms with E-state index in [1.807, 2.05) is 6.92 Å². The van der Waals surface area contributed by atoms with Crippen LogP contribution in [0.3, 0.4) is 0 Å². The van der Waals surface area contributed by atoms with Gasteiger partial charge in [-0.3, -0.25) is 0 Å². The average molecular weight is 124 g/mol. The highest BCUT2D eigenvalue weighted by Gasteiger charge is 1.77. The molecule has 0 aromatic carbocycles. The van der Waals surface area contributed by atoms with E-state index in [2.05, 4.69) is 32.1 Å². The first-order valence-electron chi connectivity index (χ1n) is 3.60. The van der Waals surface area contributed by atoms with Crippen molar-refractivity contribution in [2.75, 3.05) is 0 Å². The SMILES string of the molecule is CC=CC(C)=CCCC. The summed E-state index contributed by atoms with van der Waals surface area (Å²) in [5.41, 5.74) is 1.37. The fourth-order valence-corrected chi connectivity index (χ4v) is 0.703. The molecular formula is C9H16. The van der Waals surface area contributed by atoms with E-state index in [1.54, 1.807) is 0 Å². The summed E-state index contributed by atoms with van der Waals surface area (Å²) < 4.78 is 0. The average Bonchev–Trinajstić information content (AvgIpc) is 1.85. The summed E-state index contributed by atoms with van der Waals surface area (Å²) in [7, 11) is 0. The van der Waals surface area contributed by atoms with Gasteiger partial charge in [0.25, 0.3) is 0 Å². The topological polar surface area (TPSA) is 0 Å². The van der Waals surface area contributed by atoms with Gasteiger partial charge in [0.1, 0.15) is 0 Å². The molecule has 0 aliphatic heterocycles. The minimum Gasteiger partial charge on any atom is -0.0874 e. The van der Waals surface area contributed by atoms with Crippen LogP contribution in [0.25, 0.3) is 0 Å². The highest BCUT2D eigenvalue weighted by atomic mass is 13.8. The molecule has 0 aromatic heterocycles. The molecular weight excluding hydrogens is 108 g/mol. The number of unbranched alkanes of at least 4 members (excludes halogenated alkanes) is 1. The predicted octanol–water partition coefficient (Wildman–Crippen LogP) is 3.31. The van der Waals surface area contributed by atoms with Crippen LogP contribution in [0.4, 0.5) is 0 Å². The summed E-state index contributed by atoms with van der Waals surface area (Å²) in [5.74, 6) is 0. The summed E-state index contributed by atoms with van der Waals surface area (Å²) in [4.78, 5) is 0. The molecule has 0 atom stereocenters. The van der Waals surface area contributed by atoms with Crippen molar-refractivity contribution in [3.63, 3.8) is 0 Å². The Morgan fingerprint density at radius 2 is 2.11 bits per heavy atom. The van der Waals surface area contributed by atoms with Crippen LogP contribution >= 0.6 is 0 Å². The van der Waals surface area contributed by atoms with Crippen LogP contribution in [0.15, 0.2) is 23.8 Å². The van der Waals surface area contributed by atoms with Gasteiger partial charge in [-0.2, -0.15) is 0 Å². The second kappa shape index (κ2) is 5.61. The van der Waals surface area contributed by atoms with Crippen molar-refractivity contribution >= 4 is 0 Å². The van der Waals surface area contributed by atoms with Crippen LogP contribution in [-0.4, -0.2) is 0 Å². The van der Waals surface area contributed by atoms with Gasteiger partial charge in [0.05, 0.1) is 0 Å². The Morgan fingerprint density at radius 3 is 2.56 bits per heavy atom. The molecule has 0 fully saturated rings. The van der Waals surface area contributed by atoms with E-state index in [9.17, 15) is 0 Å². The zero-order valence-electron chi connectivity index (χ0n) is 6.65. The minimum atomic E-state index is 1.20. The maximum Gasteiger partial charge on any atom is -0.0348 e. The van der Waals surface area contributed by atoms with Crippen molar-refractivity contribution in [3.8, 4) is 0 Å². The van der Waals surface area contributed by atoms with Crippen molar-refractivity contribution in [2.24, 2.45) is 0 Å². The smallest absolute Gasteiger partial charge is 0.0348 e. The Kier molecular flexibility index (Phi) is 5.29. The third-order valence-electron chi connectivity index (χ3n) is 1.18. The molecule has 0 aliphatic rings.